The van der Waals surface area contributed by atoms with Gasteiger partial charge in [-0.25, -0.2) is 22.5 Å². The summed E-state index contributed by atoms with van der Waals surface area (Å²) in [7, 11) is -3.87. The molecule has 0 spiro atoms. The lowest BCUT2D eigenvalue weighted by molar-refractivity contribution is 0.573. The molecular weight excluding hydrogens is 437 g/mol. The normalized spacial score (nSPS) is 14.5. The second kappa shape index (κ2) is 9.53. The van der Waals surface area contributed by atoms with Gasteiger partial charge in [0.1, 0.15) is 11.6 Å². The van der Waals surface area contributed by atoms with Gasteiger partial charge in [0.25, 0.3) is 0 Å². The number of nitrogens with zero attached hydrogens (tertiary/aromatic N) is 6. The summed E-state index contributed by atoms with van der Waals surface area (Å²) in [5, 5.41) is 16.0. The highest BCUT2D eigenvalue weighted by Gasteiger charge is 2.19. The van der Waals surface area contributed by atoms with Gasteiger partial charge >= 0.3 is 0 Å². The summed E-state index contributed by atoms with van der Waals surface area (Å²) in [5.74, 6) is 0.655. The molecule has 1 aromatic carbocycles. The van der Waals surface area contributed by atoms with Crippen LogP contribution in [0.15, 0.2) is 29.2 Å². The summed E-state index contributed by atoms with van der Waals surface area (Å²) in [6.07, 6.45) is 3.52. The molecule has 3 heterocycles. The Bertz CT molecular complexity index is 1170. The number of aromatic amines is 1. The van der Waals surface area contributed by atoms with Crippen molar-refractivity contribution in [2.45, 2.75) is 31.1 Å². The van der Waals surface area contributed by atoms with E-state index in [-0.39, 0.29) is 29.4 Å². The van der Waals surface area contributed by atoms with Gasteiger partial charge in [0.2, 0.25) is 21.8 Å². The number of nitrogens with one attached hydrogen (secondary N) is 3. The molecule has 13 heteroatoms. The third-order valence-electron chi connectivity index (χ3n) is 5.06. The number of rotatable bonds is 8. The molecule has 4 rings (SSSR count). The van der Waals surface area contributed by atoms with Crippen LogP contribution < -0.4 is 14.9 Å². The Morgan fingerprint density at radius 3 is 2.69 bits per heavy atom. The third kappa shape index (κ3) is 5.16. The minimum absolute atomic E-state index is 0.0256. The van der Waals surface area contributed by atoms with Gasteiger partial charge < -0.3 is 10.2 Å². The van der Waals surface area contributed by atoms with E-state index in [1.807, 2.05) is 13.0 Å². The zero-order valence-electron chi connectivity index (χ0n) is 17.5. The van der Waals surface area contributed by atoms with Crippen molar-refractivity contribution in [1.29, 1.82) is 0 Å². The molecule has 3 N–H and O–H groups in total. The van der Waals surface area contributed by atoms with Gasteiger partial charge in [-0.15, -0.1) is 10.2 Å². The molecule has 32 heavy (non-hydrogen) atoms. The smallest absolute Gasteiger partial charge is 0.240 e. The number of halogens is 1. The first kappa shape index (κ1) is 22.0. The number of benzene rings is 1. The maximum Gasteiger partial charge on any atom is 0.240 e. The standard InChI is InChI=1S/C19H24FN9O2S/c1-13-11-17(29-9-3-2-4-10-29)24-19(23-13)21-7-8-22-32(30,31)14-5-6-16(20)15(12-14)18-25-27-28-26-18/h5-6,11-12,22H,2-4,7-10H2,1H3,(H,21,23,24)(H,25,26,27,28). The quantitative estimate of drug-likeness (QED) is 0.425. The van der Waals surface area contributed by atoms with Gasteiger partial charge in [-0.1, -0.05) is 0 Å². The molecule has 0 aliphatic carbocycles. The van der Waals surface area contributed by atoms with E-state index in [2.05, 4.69) is 45.5 Å². The van der Waals surface area contributed by atoms with Crippen LogP contribution in [0.5, 0.6) is 0 Å². The molecule has 3 aromatic rings. The van der Waals surface area contributed by atoms with Gasteiger partial charge in [-0.3, -0.25) is 0 Å². The molecule has 2 aromatic heterocycles. The molecular formula is C19H24FN9O2S. The Kier molecular flexibility index (Phi) is 6.55. The largest absolute Gasteiger partial charge is 0.356 e. The van der Waals surface area contributed by atoms with E-state index < -0.39 is 15.8 Å². The van der Waals surface area contributed by atoms with E-state index in [0.29, 0.717) is 5.95 Å². The minimum atomic E-state index is -3.87. The van der Waals surface area contributed by atoms with Crippen molar-refractivity contribution in [1.82, 2.24) is 35.3 Å². The predicted octanol–water partition coefficient (Wildman–Crippen LogP) is 1.48. The zero-order valence-corrected chi connectivity index (χ0v) is 18.4. The summed E-state index contributed by atoms with van der Waals surface area (Å²) in [6.45, 7) is 4.21. The van der Waals surface area contributed by atoms with E-state index in [4.69, 9.17) is 0 Å². The fourth-order valence-electron chi connectivity index (χ4n) is 3.48. The van der Waals surface area contributed by atoms with E-state index in [1.165, 1.54) is 18.6 Å². The average molecular weight is 462 g/mol. The number of anilines is 2. The fourth-order valence-corrected chi connectivity index (χ4v) is 4.54. The molecule has 1 aliphatic heterocycles. The molecule has 11 nitrogen and oxygen atoms in total. The molecule has 0 amide bonds. The molecule has 0 atom stereocenters. The van der Waals surface area contributed by atoms with Crippen molar-refractivity contribution in [3.8, 4) is 11.4 Å². The predicted molar refractivity (Wildman–Crippen MR) is 116 cm³/mol. The minimum Gasteiger partial charge on any atom is -0.356 e. The molecule has 0 saturated carbocycles. The van der Waals surface area contributed by atoms with Crippen molar-refractivity contribution >= 4 is 21.8 Å². The second-order valence-electron chi connectivity index (χ2n) is 7.44. The third-order valence-corrected chi connectivity index (χ3v) is 6.51. The summed E-state index contributed by atoms with van der Waals surface area (Å²) in [5.41, 5.74) is 0.780. The van der Waals surface area contributed by atoms with Gasteiger partial charge in [0.15, 0.2) is 0 Å². The highest BCUT2D eigenvalue weighted by atomic mass is 32.2. The SMILES string of the molecule is Cc1cc(N2CCCCC2)nc(NCCNS(=O)(=O)c2ccc(F)c(-c3nn[nH]n3)c2)n1. The van der Waals surface area contributed by atoms with Crippen molar-refractivity contribution in [3.05, 3.63) is 35.8 Å². The lowest BCUT2D eigenvalue weighted by Gasteiger charge is -2.28. The number of aryl methyl sites for hydroxylation is 1. The van der Waals surface area contributed by atoms with Crippen LogP contribution in [0.25, 0.3) is 11.4 Å². The number of piperidine rings is 1. The summed E-state index contributed by atoms with van der Waals surface area (Å²) < 4.78 is 41.8. The number of H-pyrrole nitrogens is 1. The first-order valence-corrected chi connectivity index (χ1v) is 11.8. The summed E-state index contributed by atoms with van der Waals surface area (Å²) in [6, 6.07) is 5.37. The van der Waals surface area contributed by atoms with Crippen LogP contribution in [0.4, 0.5) is 16.2 Å². The maximum absolute atomic E-state index is 14.1. The molecule has 1 fully saturated rings. The lowest BCUT2D eigenvalue weighted by atomic mass is 10.1. The van der Waals surface area contributed by atoms with Crippen LogP contribution in [0.2, 0.25) is 0 Å². The highest BCUT2D eigenvalue weighted by molar-refractivity contribution is 7.89. The molecule has 170 valence electrons. The van der Waals surface area contributed by atoms with E-state index in [0.717, 1.165) is 43.5 Å². The van der Waals surface area contributed by atoms with Crippen LogP contribution in [-0.2, 0) is 10.0 Å². The highest BCUT2D eigenvalue weighted by Crippen LogP contribution is 2.22. The van der Waals surface area contributed by atoms with Crippen molar-refractivity contribution in [2.24, 2.45) is 0 Å². The molecule has 1 saturated heterocycles. The Morgan fingerprint density at radius 1 is 1.12 bits per heavy atom. The van der Waals surface area contributed by atoms with Gasteiger partial charge in [-0.05, 0) is 49.6 Å². The van der Waals surface area contributed by atoms with Crippen LogP contribution in [0, 0.1) is 12.7 Å². The summed E-state index contributed by atoms with van der Waals surface area (Å²) in [4.78, 5) is 11.1. The average Bonchev–Trinajstić information content (AvgIpc) is 3.32. The Balaban J connectivity index is 1.37. The lowest BCUT2D eigenvalue weighted by Crippen LogP contribution is -2.31. The van der Waals surface area contributed by atoms with Crippen molar-refractivity contribution in [2.75, 3.05) is 36.4 Å². The first-order chi connectivity index (χ1) is 15.4. The Morgan fingerprint density at radius 2 is 1.94 bits per heavy atom. The van der Waals surface area contributed by atoms with Crippen molar-refractivity contribution < 1.29 is 12.8 Å². The number of tetrazole rings is 1. The number of hydrogen-bond acceptors (Lipinski definition) is 9. The van der Waals surface area contributed by atoms with E-state index in [1.54, 1.807) is 0 Å². The first-order valence-electron chi connectivity index (χ1n) is 10.3. The van der Waals surface area contributed by atoms with Crippen LogP contribution in [0.3, 0.4) is 0 Å². The fraction of sp³-hybridized carbons (Fsp3) is 0.421. The second-order valence-corrected chi connectivity index (χ2v) is 9.21. The molecule has 0 radical (unpaired) electrons. The van der Waals surface area contributed by atoms with Crippen LogP contribution >= 0.6 is 0 Å². The van der Waals surface area contributed by atoms with Gasteiger partial charge in [0, 0.05) is 37.9 Å². The number of hydrogen-bond donors (Lipinski definition) is 3. The molecule has 1 aliphatic rings. The maximum atomic E-state index is 14.1. The summed E-state index contributed by atoms with van der Waals surface area (Å²) >= 11 is 0. The molecule has 0 bridgehead atoms. The number of sulfonamides is 1. The van der Waals surface area contributed by atoms with E-state index in [9.17, 15) is 12.8 Å². The van der Waals surface area contributed by atoms with E-state index >= 15 is 0 Å². The Labute approximate surface area is 184 Å². The van der Waals surface area contributed by atoms with Gasteiger partial charge in [0.05, 0.1) is 10.5 Å². The van der Waals surface area contributed by atoms with Gasteiger partial charge in [-0.2, -0.15) is 10.2 Å². The van der Waals surface area contributed by atoms with Crippen LogP contribution in [-0.4, -0.2) is 65.2 Å². The monoisotopic (exact) mass is 461 g/mol. The Hall–Kier alpha value is -3.19. The number of aromatic nitrogens is 6. The zero-order chi connectivity index (χ0) is 22.6. The molecule has 0 unspecified atom stereocenters. The van der Waals surface area contributed by atoms with Crippen molar-refractivity contribution in [3.63, 3.8) is 0 Å². The topological polar surface area (TPSA) is 142 Å². The van der Waals surface area contributed by atoms with Crippen LogP contribution in [0.1, 0.15) is 25.0 Å².